The number of amides is 1. The van der Waals surface area contributed by atoms with E-state index in [1.165, 1.54) is 6.20 Å². The Balaban J connectivity index is 2.27. The number of benzene rings is 1. The molecule has 2 rings (SSSR count). The summed E-state index contributed by atoms with van der Waals surface area (Å²) in [6.07, 6.45) is -3.08. The number of carbonyl (C=O) groups is 1. The molecule has 0 aliphatic carbocycles. The van der Waals surface area contributed by atoms with Crippen LogP contribution in [0.2, 0.25) is 0 Å². The maximum absolute atomic E-state index is 12.6. The highest BCUT2D eigenvalue weighted by atomic mass is 19.4. The molecule has 1 heterocycles. The van der Waals surface area contributed by atoms with Crippen molar-refractivity contribution < 1.29 is 18.0 Å². The van der Waals surface area contributed by atoms with Crippen LogP contribution in [0.1, 0.15) is 21.5 Å². The number of hydrogen-bond acceptors (Lipinski definition) is 4. The highest BCUT2D eigenvalue weighted by Crippen LogP contribution is 2.32. The van der Waals surface area contributed by atoms with Crippen LogP contribution in [0.15, 0.2) is 24.4 Å². The number of primary amides is 1. The highest BCUT2D eigenvalue weighted by molar-refractivity contribution is 5.98. The number of nitrogens with one attached hydrogen (secondary N) is 2. The summed E-state index contributed by atoms with van der Waals surface area (Å²) in [5, 5.41) is 9.03. The minimum Gasteiger partial charge on any atom is -0.384 e. The zero-order chi connectivity index (χ0) is 15.6. The van der Waals surface area contributed by atoms with E-state index in [4.69, 9.17) is 11.5 Å². The fourth-order valence-corrected chi connectivity index (χ4v) is 1.73. The van der Waals surface area contributed by atoms with Gasteiger partial charge in [-0.25, -0.2) is 0 Å². The number of H-pyrrole nitrogens is 1. The van der Waals surface area contributed by atoms with Crippen molar-refractivity contribution in [2.24, 2.45) is 5.73 Å². The van der Waals surface area contributed by atoms with E-state index in [0.717, 1.165) is 12.1 Å². The SMILES string of the molecule is NC(=O)c1cc(C(F)(F)F)ccc1NCc1cn[nH]c1N. The van der Waals surface area contributed by atoms with Gasteiger partial charge in [-0.15, -0.1) is 0 Å². The van der Waals surface area contributed by atoms with Crippen LogP contribution in [0.3, 0.4) is 0 Å². The normalized spacial score (nSPS) is 11.4. The van der Waals surface area contributed by atoms with Crippen molar-refractivity contribution in [2.75, 3.05) is 11.1 Å². The van der Waals surface area contributed by atoms with Gasteiger partial charge < -0.3 is 16.8 Å². The van der Waals surface area contributed by atoms with Crippen LogP contribution < -0.4 is 16.8 Å². The second-order valence-electron chi connectivity index (χ2n) is 4.28. The van der Waals surface area contributed by atoms with Gasteiger partial charge in [0.2, 0.25) is 0 Å². The second kappa shape index (κ2) is 5.35. The molecule has 0 fully saturated rings. The topological polar surface area (TPSA) is 110 Å². The Kier molecular flexibility index (Phi) is 3.74. The van der Waals surface area contributed by atoms with Gasteiger partial charge >= 0.3 is 6.18 Å². The van der Waals surface area contributed by atoms with E-state index in [-0.39, 0.29) is 17.8 Å². The molecule has 6 nitrogen and oxygen atoms in total. The molecule has 9 heteroatoms. The van der Waals surface area contributed by atoms with E-state index in [0.29, 0.717) is 17.4 Å². The van der Waals surface area contributed by atoms with Gasteiger partial charge in [0.15, 0.2) is 0 Å². The lowest BCUT2D eigenvalue weighted by atomic mass is 10.1. The Morgan fingerprint density at radius 1 is 1.38 bits per heavy atom. The van der Waals surface area contributed by atoms with Gasteiger partial charge in [0, 0.05) is 17.8 Å². The number of nitrogen functional groups attached to an aromatic ring is 1. The molecule has 21 heavy (non-hydrogen) atoms. The van der Waals surface area contributed by atoms with Gasteiger partial charge in [-0.2, -0.15) is 18.3 Å². The Morgan fingerprint density at radius 2 is 2.10 bits per heavy atom. The van der Waals surface area contributed by atoms with Crippen molar-refractivity contribution in [3.63, 3.8) is 0 Å². The number of halogens is 3. The summed E-state index contributed by atoms with van der Waals surface area (Å²) in [6.45, 7) is 0.188. The average molecular weight is 299 g/mol. The Morgan fingerprint density at radius 3 is 2.62 bits per heavy atom. The van der Waals surface area contributed by atoms with Crippen LogP contribution in [0.25, 0.3) is 0 Å². The number of hydrogen-bond donors (Lipinski definition) is 4. The van der Waals surface area contributed by atoms with E-state index in [9.17, 15) is 18.0 Å². The van der Waals surface area contributed by atoms with E-state index >= 15 is 0 Å². The van der Waals surface area contributed by atoms with Gasteiger partial charge in [0.05, 0.1) is 17.3 Å². The van der Waals surface area contributed by atoms with Gasteiger partial charge in [0.1, 0.15) is 5.82 Å². The highest BCUT2D eigenvalue weighted by Gasteiger charge is 2.31. The number of anilines is 2. The molecule has 0 radical (unpaired) electrons. The van der Waals surface area contributed by atoms with Crippen LogP contribution in [-0.2, 0) is 12.7 Å². The lowest BCUT2D eigenvalue weighted by Crippen LogP contribution is -2.16. The van der Waals surface area contributed by atoms with Gasteiger partial charge in [-0.3, -0.25) is 9.89 Å². The van der Waals surface area contributed by atoms with Crippen LogP contribution in [-0.4, -0.2) is 16.1 Å². The predicted molar refractivity (Wildman–Crippen MR) is 70.3 cm³/mol. The number of nitrogens with two attached hydrogens (primary N) is 2. The summed E-state index contributed by atoms with van der Waals surface area (Å²) in [5.74, 6) is -0.626. The van der Waals surface area contributed by atoms with Crippen molar-refractivity contribution in [3.05, 3.63) is 41.1 Å². The first kappa shape index (κ1) is 14.7. The van der Waals surface area contributed by atoms with Gasteiger partial charge in [-0.05, 0) is 18.2 Å². The van der Waals surface area contributed by atoms with E-state index in [1.807, 2.05) is 0 Å². The third-order valence-corrected chi connectivity index (χ3v) is 2.83. The van der Waals surface area contributed by atoms with Crippen molar-refractivity contribution in [2.45, 2.75) is 12.7 Å². The predicted octanol–water partition coefficient (Wildman–Crippen LogP) is 1.72. The summed E-state index contributed by atoms with van der Waals surface area (Å²) in [5.41, 5.74) is 10.3. The lowest BCUT2D eigenvalue weighted by molar-refractivity contribution is -0.137. The maximum Gasteiger partial charge on any atom is 0.416 e. The quantitative estimate of drug-likeness (QED) is 0.689. The standard InChI is InChI=1S/C12H12F3N5O/c13-12(14,15)7-1-2-9(8(3-7)11(17)21)18-4-6-5-19-20-10(6)16/h1-3,5,18H,4H2,(H2,17,21)(H3,16,19,20). The maximum atomic E-state index is 12.6. The summed E-state index contributed by atoms with van der Waals surface area (Å²) in [7, 11) is 0. The average Bonchev–Trinajstić information content (AvgIpc) is 2.80. The fourth-order valence-electron chi connectivity index (χ4n) is 1.73. The number of carbonyl (C=O) groups excluding carboxylic acids is 1. The third kappa shape index (κ3) is 3.25. The molecule has 2 aromatic rings. The molecule has 1 amide bonds. The Bertz CT molecular complexity index is 665. The number of alkyl halides is 3. The fraction of sp³-hybridized carbons (Fsp3) is 0.167. The largest absolute Gasteiger partial charge is 0.416 e. The molecule has 0 atom stereocenters. The van der Waals surface area contributed by atoms with Crippen LogP contribution >= 0.6 is 0 Å². The molecule has 0 saturated carbocycles. The molecule has 6 N–H and O–H groups in total. The summed E-state index contributed by atoms with van der Waals surface area (Å²) in [6, 6.07) is 2.73. The molecule has 0 spiro atoms. The van der Waals surface area contributed by atoms with Crippen molar-refractivity contribution in [1.82, 2.24) is 10.2 Å². The van der Waals surface area contributed by atoms with Crippen molar-refractivity contribution in [3.8, 4) is 0 Å². The molecular formula is C12H12F3N5O. The summed E-state index contributed by atoms with van der Waals surface area (Å²) < 4.78 is 37.9. The summed E-state index contributed by atoms with van der Waals surface area (Å²) in [4.78, 5) is 11.3. The minimum absolute atomic E-state index is 0.188. The Labute approximate surface area is 117 Å². The molecule has 112 valence electrons. The first-order valence-corrected chi connectivity index (χ1v) is 5.81. The third-order valence-electron chi connectivity index (χ3n) is 2.83. The van der Waals surface area contributed by atoms with E-state index in [2.05, 4.69) is 15.5 Å². The molecule has 0 unspecified atom stereocenters. The first-order valence-electron chi connectivity index (χ1n) is 5.81. The van der Waals surface area contributed by atoms with Crippen LogP contribution in [0, 0.1) is 0 Å². The lowest BCUT2D eigenvalue weighted by Gasteiger charge is -2.13. The van der Waals surface area contributed by atoms with Crippen LogP contribution in [0.4, 0.5) is 24.7 Å². The zero-order valence-corrected chi connectivity index (χ0v) is 10.7. The molecule has 1 aromatic heterocycles. The first-order chi connectivity index (χ1) is 9.79. The van der Waals surface area contributed by atoms with Gasteiger partial charge in [-0.1, -0.05) is 0 Å². The molecule has 1 aromatic carbocycles. The number of aromatic amines is 1. The zero-order valence-electron chi connectivity index (χ0n) is 10.7. The van der Waals surface area contributed by atoms with Crippen molar-refractivity contribution >= 4 is 17.4 Å². The van der Waals surface area contributed by atoms with Crippen molar-refractivity contribution in [1.29, 1.82) is 0 Å². The molecule has 0 saturated heterocycles. The molecule has 0 aliphatic heterocycles. The number of aromatic nitrogens is 2. The second-order valence-corrected chi connectivity index (χ2v) is 4.28. The monoisotopic (exact) mass is 299 g/mol. The summed E-state index contributed by atoms with van der Waals surface area (Å²) >= 11 is 0. The van der Waals surface area contributed by atoms with Crippen LogP contribution in [0.5, 0.6) is 0 Å². The van der Waals surface area contributed by atoms with E-state index < -0.39 is 17.6 Å². The Hall–Kier alpha value is -2.71. The smallest absolute Gasteiger partial charge is 0.384 e. The molecule has 0 bridgehead atoms. The molecular weight excluding hydrogens is 287 g/mol. The molecule has 0 aliphatic rings. The number of nitrogens with zero attached hydrogens (tertiary/aromatic N) is 1. The minimum atomic E-state index is -4.54. The van der Waals surface area contributed by atoms with Gasteiger partial charge in [0.25, 0.3) is 5.91 Å². The van der Waals surface area contributed by atoms with E-state index in [1.54, 1.807) is 0 Å². The number of rotatable bonds is 4.